The summed E-state index contributed by atoms with van der Waals surface area (Å²) in [5, 5.41) is 10.6. The van der Waals surface area contributed by atoms with Gasteiger partial charge in [0.25, 0.3) is 6.01 Å². The van der Waals surface area contributed by atoms with E-state index < -0.39 is 6.10 Å². The van der Waals surface area contributed by atoms with Gasteiger partial charge >= 0.3 is 0 Å². The van der Waals surface area contributed by atoms with Crippen molar-refractivity contribution >= 4 is 22.8 Å². The molecule has 3 unspecified atom stereocenters. The normalized spacial score (nSPS) is 29.1. The summed E-state index contributed by atoms with van der Waals surface area (Å²) in [6.45, 7) is 3.41. The van der Waals surface area contributed by atoms with Crippen LogP contribution in [-0.4, -0.2) is 76.6 Å². The maximum atomic E-state index is 10.0. The van der Waals surface area contributed by atoms with Crippen LogP contribution < -0.4 is 9.47 Å². The van der Waals surface area contributed by atoms with Gasteiger partial charge in [-0.15, -0.1) is 0 Å². The van der Waals surface area contributed by atoms with E-state index in [4.69, 9.17) is 30.8 Å². The maximum absolute atomic E-state index is 10.0. The average molecular weight is 485 g/mol. The van der Waals surface area contributed by atoms with Crippen molar-refractivity contribution in [2.45, 2.75) is 37.6 Å². The summed E-state index contributed by atoms with van der Waals surface area (Å²) in [5.74, 6) is 1.62. The van der Waals surface area contributed by atoms with E-state index >= 15 is 0 Å². The summed E-state index contributed by atoms with van der Waals surface area (Å²) < 4.78 is 17.8. The molecule has 0 radical (unpaired) electrons. The predicted molar refractivity (Wildman–Crippen MR) is 128 cm³/mol. The highest BCUT2D eigenvalue weighted by Gasteiger charge is 2.47. The van der Waals surface area contributed by atoms with E-state index in [9.17, 15) is 5.11 Å². The lowest BCUT2D eigenvalue weighted by Crippen LogP contribution is -2.28. The van der Waals surface area contributed by atoms with Gasteiger partial charge in [-0.3, -0.25) is 0 Å². The summed E-state index contributed by atoms with van der Waals surface area (Å²) >= 11 is 6.57. The Morgan fingerprint density at radius 1 is 1.21 bits per heavy atom. The minimum atomic E-state index is -0.404. The maximum Gasteiger partial charge on any atom is 0.296 e. The number of aliphatic hydroxyl groups is 1. The number of hydrogen-bond acceptors (Lipinski definition) is 7. The SMILES string of the molecule is CN1CCC(COc2ccc(-c3nc4nc(OC5CO[C@@H]6C(O)CC[C@H]56)[nH]c4cc3Cl)cc2)C1. The molecule has 4 heterocycles. The van der Waals surface area contributed by atoms with Crippen molar-refractivity contribution in [3.05, 3.63) is 35.4 Å². The molecule has 0 amide bonds. The third-order valence-corrected chi connectivity index (χ3v) is 7.59. The molecule has 2 aliphatic heterocycles. The Bertz CT molecular complexity index is 1170. The molecule has 3 aromatic rings. The molecule has 8 nitrogen and oxygen atoms in total. The molecule has 1 saturated carbocycles. The molecule has 2 N–H and O–H groups in total. The molecule has 0 spiro atoms. The number of hydrogen-bond donors (Lipinski definition) is 2. The van der Waals surface area contributed by atoms with Gasteiger partial charge in [-0.1, -0.05) is 11.6 Å². The highest BCUT2D eigenvalue weighted by molar-refractivity contribution is 6.33. The quantitative estimate of drug-likeness (QED) is 0.553. The molecule has 1 aliphatic carbocycles. The van der Waals surface area contributed by atoms with Crippen LogP contribution in [0.5, 0.6) is 11.8 Å². The van der Waals surface area contributed by atoms with Gasteiger partial charge in [0.15, 0.2) is 5.65 Å². The number of aromatic nitrogens is 3. The monoisotopic (exact) mass is 484 g/mol. The Labute approximate surface area is 203 Å². The number of ether oxygens (including phenoxy) is 3. The molecule has 34 heavy (non-hydrogen) atoms. The van der Waals surface area contributed by atoms with Crippen LogP contribution in [0.3, 0.4) is 0 Å². The standard InChI is InChI=1S/C25H29ClN4O4/c1-30-9-8-14(11-30)12-32-16-4-2-15(3-5-16)22-18(26)10-19-24(28-22)29-25(27-19)34-21-13-33-23-17(21)6-7-20(23)31/h2-5,10,14,17,20-21,23,31H,6-9,11-13H2,1H3,(H,27,28,29)/t14?,17-,20?,21?,23+/m1/s1. The molecule has 6 rings (SSSR count). The molecule has 180 valence electrons. The highest BCUT2D eigenvalue weighted by Crippen LogP contribution is 2.38. The first-order chi connectivity index (χ1) is 16.5. The van der Waals surface area contributed by atoms with E-state index in [0.717, 1.165) is 43.9 Å². The van der Waals surface area contributed by atoms with Gasteiger partial charge in [0.05, 0.1) is 41.7 Å². The number of nitrogens with one attached hydrogen (secondary N) is 1. The van der Waals surface area contributed by atoms with Crippen molar-refractivity contribution in [1.29, 1.82) is 0 Å². The van der Waals surface area contributed by atoms with Crippen molar-refractivity contribution in [2.24, 2.45) is 11.8 Å². The van der Waals surface area contributed by atoms with E-state index in [1.807, 2.05) is 30.3 Å². The van der Waals surface area contributed by atoms with Crippen molar-refractivity contribution in [2.75, 3.05) is 33.4 Å². The largest absolute Gasteiger partial charge is 0.493 e. The fourth-order valence-corrected chi connectivity index (χ4v) is 5.70. The van der Waals surface area contributed by atoms with E-state index in [1.165, 1.54) is 6.42 Å². The number of fused-ring (bicyclic) bond motifs is 2. The molecule has 3 fully saturated rings. The van der Waals surface area contributed by atoms with Gasteiger partial charge in [0.1, 0.15) is 11.9 Å². The second-order valence-corrected chi connectivity index (χ2v) is 10.2. The van der Waals surface area contributed by atoms with Gasteiger partial charge in [0, 0.05) is 23.9 Å². The first kappa shape index (κ1) is 22.1. The topological polar surface area (TPSA) is 92.7 Å². The lowest BCUT2D eigenvalue weighted by Gasteiger charge is -2.16. The van der Waals surface area contributed by atoms with E-state index in [-0.39, 0.29) is 18.1 Å². The molecule has 3 aliphatic rings. The van der Waals surface area contributed by atoms with Crippen LogP contribution in [0.15, 0.2) is 30.3 Å². The van der Waals surface area contributed by atoms with Gasteiger partial charge in [0.2, 0.25) is 0 Å². The van der Waals surface area contributed by atoms with Crippen molar-refractivity contribution in [3.8, 4) is 23.0 Å². The number of benzene rings is 1. The number of likely N-dealkylation sites (tertiary alicyclic amines) is 1. The molecule has 0 bridgehead atoms. The van der Waals surface area contributed by atoms with Crippen LogP contribution in [0.4, 0.5) is 0 Å². The van der Waals surface area contributed by atoms with E-state index in [0.29, 0.717) is 40.4 Å². The number of pyridine rings is 1. The van der Waals surface area contributed by atoms with Crippen LogP contribution in [0, 0.1) is 11.8 Å². The number of H-pyrrole nitrogens is 1. The predicted octanol–water partition coefficient (Wildman–Crippen LogP) is 3.53. The molecular weight excluding hydrogens is 456 g/mol. The summed E-state index contributed by atoms with van der Waals surface area (Å²) in [7, 11) is 2.15. The average Bonchev–Trinajstić information content (AvgIpc) is 3.60. The van der Waals surface area contributed by atoms with Crippen molar-refractivity contribution in [3.63, 3.8) is 0 Å². The zero-order valence-electron chi connectivity index (χ0n) is 19.1. The zero-order chi connectivity index (χ0) is 23.2. The van der Waals surface area contributed by atoms with E-state index in [1.54, 1.807) is 0 Å². The number of imidazole rings is 1. The Morgan fingerprint density at radius 3 is 2.85 bits per heavy atom. The Balaban J connectivity index is 1.15. The number of rotatable bonds is 6. The van der Waals surface area contributed by atoms with Crippen molar-refractivity contribution in [1.82, 2.24) is 19.9 Å². The molecule has 2 saturated heterocycles. The number of aromatic amines is 1. The van der Waals surface area contributed by atoms with Crippen LogP contribution in [0.1, 0.15) is 19.3 Å². The van der Waals surface area contributed by atoms with Crippen molar-refractivity contribution < 1.29 is 19.3 Å². The smallest absolute Gasteiger partial charge is 0.296 e. The fourth-order valence-electron chi connectivity index (χ4n) is 5.44. The fraction of sp³-hybridized carbons (Fsp3) is 0.520. The Morgan fingerprint density at radius 2 is 2.06 bits per heavy atom. The van der Waals surface area contributed by atoms with Crippen LogP contribution >= 0.6 is 11.6 Å². The molecule has 2 aromatic heterocycles. The Kier molecular flexibility index (Phi) is 5.85. The summed E-state index contributed by atoms with van der Waals surface area (Å²) in [6.07, 6.45) is 2.15. The summed E-state index contributed by atoms with van der Waals surface area (Å²) in [6, 6.07) is 10.1. The third-order valence-electron chi connectivity index (χ3n) is 7.30. The first-order valence-corrected chi connectivity index (χ1v) is 12.4. The van der Waals surface area contributed by atoms with Crippen LogP contribution in [0.2, 0.25) is 5.02 Å². The number of nitrogens with zero attached hydrogens (tertiary/aromatic N) is 3. The van der Waals surface area contributed by atoms with Gasteiger partial charge in [-0.05, 0) is 63.2 Å². The lowest BCUT2D eigenvalue weighted by atomic mass is 10.0. The molecule has 9 heteroatoms. The molecular formula is C25H29ClN4O4. The minimum Gasteiger partial charge on any atom is -0.493 e. The summed E-state index contributed by atoms with van der Waals surface area (Å²) in [4.78, 5) is 14.7. The number of aliphatic hydroxyl groups excluding tert-OH is 1. The van der Waals surface area contributed by atoms with Crippen LogP contribution in [0.25, 0.3) is 22.4 Å². The van der Waals surface area contributed by atoms with Crippen LogP contribution in [-0.2, 0) is 4.74 Å². The molecule has 5 atom stereocenters. The van der Waals surface area contributed by atoms with Gasteiger partial charge in [-0.2, -0.15) is 4.98 Å². The second kappa shape index (κ2) is 9.00. The van der Waals surface area contributed by atoms with E-state index in [2.05, 4.69) is 21.9 Å². The first-order valence-electron chi connectivity index (χ1n) is 12.0. The minimum absolute atomic E-state index is 0.130. The van der Waals surface area contributed by atoms with Gasteiger partial charge in [-0.25, -0.2) is 4.98 Å². The second-order valence-electron chi connectivity index (χ2n) is 9.75. The zero-order valence-corrected chi connectivity index (χ0v) is 19.9. The number of halogens is 1. The summed E-state index contributed by atoms with van der Waals surface area (Å²) in [5.41, 5.74) is 2.82. The Hall–Kier alpha value is -2.39. The molecule has 1 aromatic carbocycles. The highest BCUT2D eigenvalue weighted by atomic mass is 35.5. The van der Waals surface area contributed by atoms with Gasteiger partial charge < -0.3 is 29.2 Å². The lowest BCUT2D eigenvalue weighted by molar-refractivity contribution is 0.00518. The third kappa shape index (κ3) is 4.24.